The third kappa shape index (κ3) is 1.55. The zero-order valence-corrected chi connectivity index (χ0v) is 9.45. The second kappa shape index (κ2) is 3.65. The molecule has 1 atom stereocenters. The smallest absolute Gasteiger partial charge is 0.240 e. The van der Waals surface area contributed by atoms with E-state index < -0.39 is 21.9 Å². The maximum absolute atomic E-state index is 13.3. The molecule has 0 spiro atoms. The minimum atomic E-state index is -3.62. The largest absolute Gasteiger partial charge is 0.298 e. The van der Waals surface area contributed by atoms with Crippen LogP contribution in [0.15, 0.2) is 28.0 Å². The number of nitrogens with one attached hydrogen (secondary N) is 1. The summed E-state index contributed by atoms with van der Waals surface area (Å²) in [5.41, 5.74) is 2.29. The van der Waals surface area contributed by atoms with E-state index >= 15 is 0 Å². The molecule has 1 N–H and O–H groups in total. The molecule has 0 bridgehead atoms. The molecule has 8 heteroatoms. The van der Waals surface area contributed by atoms with Crippen molar-refractivity contribution in [2.24, 2.45) is 5.16 Å². The Balaban J connectivity index is 2.48. The molecule has 6 nitrogen and oxygen atoms in total. The highest BCUT2D eigenvalue weighted by molar-refractivity contribution is 7.93. The number of halogens is 1. The molecular weight excluding hydrogens is 237 g/mol. The second-order valence-corrected chi connectivity index (χ2v) is 5.64. The Bertz CT molecular complexity index is 507. The summed E-state index contributed by atoms with van der Waals surface area (Å²) in [4.78, 5) is 4.51. The standard InChI is InChI=1S/C8H10FN3O3S/c1-12(2)16(13,14)6-4-3-5(9)7-8(6)11-15-10-7/h3-4,8,11H,1-2H3/t8-/m1/s1. The quantitative estimate of drug-likeness (QED) is 0.739. The Kier molecular flexibility index (Phi) is 2.56. The molecular formula is C8H10FN3O3S. The van der Waals surface area contributed by atoms with Gasteiger partial charge in [0, 0.05) is 14.1 Å². The molecule has 0 saturated heterocycles. The molecule has 0 amide bonds. The lowest BCUT2D eigenvalue weighted by atomic mass is 10.1. The molecule has 2 aliphatic rings. The fraction of sp³-hybridized carbons (Fsp3) is 0.375. The van der Waals surface area contributed by atoms with Gasteiger partial charge in [0.1, 0.15) is 17.6 Å². The molecule has 0 unspecified atom stereocenters. The van der Waals surface area contributed by atoms with E-state index in [1.54, 1.807) is 0 Å². The van der Waals surface area contributed by atoms with Crippen LogP contribution in [0.25, 0.3) is 0 Å². The van der Waals surface area contributed by atoms with E-state index in [0.29, 0.717) is 0 Å². The summed E-state index contributed by atoms with van der Waals surface area (Å²) in [5, 5.41) is 3.40. The predicted molar refractivity (Wildman–Crippen MR) is 55.3 cm³/mol. The van der Waals surface area contributed by atoms with Gasteiger partial charge >= 0.3 is 0 Å². The summed E-state index contributed by atoms with van der Waals surface area (Å²) in [6.45, 7) is 0. The van der Waals surface area contributed by atoms with E-state index in [-0.39, 0.29) is 10.6 Å². The molecule has 1 aliphatic heterocycles. The Morgan fingerprint density at radius 2 is 2.19 bits per heavy atom. The highest BCUT2D eigenvalue weighted by atomic mass is 32.2. The molecule has 88 valence electrons. The lowest BCUT2D eigenvalue weighted by Crippen LogP contribution is -2.40. The summed E-state index contributed by atoms with van der Waals surface area (Å²) in [5.74, 6) is -0.604. The van der Waals surface area contributed by atoms with E-state index in [1.165, 1.54) is 20.2 Å². The minimum absolute atomic E-state index is 0.00940. The molecule has 0 aromatic heterocycles. The Morgan fingerprint density at radius 1 is 1.50 bits per heavy atom. The van der Waals surface area contributed by atoms with Crippen LogP contribution < -0.4 is 5.48 Å². The number of rotatable bonds is 2. The zero-order valence-electron chi connectivity index (χ0n) is 8.64. The summed E-state index contributed by atoms with van der Waals surface area (Å²) < 4.78 is 38.1. The van der Waals surface area contributed by atoms with Gasteiger partial charge in [0.15, 0.2) is 0 Å². The van der Waals surface area contributed by atoms with E-state index in [0.717, 1.165) is 10.4 Å². The van der Waals surface area contributed by atoms with Gasteiger partial charge in [-0.1, -0.05) is 5.16 Å². The topological polar surface area (TPSA) is 71.0 Å². The van der Waals surface area contributed by atoms with E-state index in [2.05, 4.69) is 15.6 Å². The molecule has 0 aromatic carbocycles. The van der Waals surface area contributed by atoms with Crippen molar-refractivity contribution in [1.29, 1.82) is 0 Å². The first-order valence-corrected chi connectivity index (χ1v) is 5.88. The van der Waals surface area contributed by atoms with Crippen molar-refractivity contribution in [3.05, 3.63) is 22.9 Å². The lowest BCUT2D eigenvalue weighted by Gasteiger charge is -2.20. The van der Waals surface area contributed by atoms with E-state index in [9.17, 15) is 12.8 Å². The Hall–Kier alpha value is -1.25. The summed E-state index contributed by atoms with van der Waals surface area (Å²) in [6.07, 6.45) is 2.26. The van der Waals surface area contributed by atoms with Crippen molar-refractivity contribution in [3.63, 3.8) is 0 Å². The Morgan fingerprint density at radius 3 is 2.81 bits per heavy atom. The van der Waals surface area contributed by atoms with Crippen LogP contribution in [-0.2, 0) is 15.0 Å². The number of hydroxylamine groups is 1. The summed E-state index contributed by atoms with van der Waals surface area (Å²) in [6, 6.07) is -0.877. The molecule has 0 saturated carbocycles. The fourth-order valence-corrected chi connectivity index (χ4v) is 2.51. The van der Waals surface area contributed by atoms with Crippen molar-refractivity contribution in [3.8, 4) is 0 Å². The van der Waals surface area contributed by atoms with Crippen LogP contribution in [-0.4, -0.2) is 38.6 Å². The van der Waals surface area contributed by atoms with Crippen molar-refractivity contribution >= 4 is 15.7 Å². The first kappa shape index (κ1) is 11.2. The molecule has 1 aliphatic carbocycles. The van der Waals surface area contributed by atoms with Crippen LogP contribution in [0.2, 0.25) is 0 Å². The van der Waals surface area contributed by atoms with Crippen molar-refractivity contribution < 1.29 is 17.7 Å². The molecule has 2 rings (SSSR count). The second-order valence-electron chi connectivity index (χ2n) is 3.49. The Labute approximate surface area is 92.1 Å². The van der Waals surface area contributed by atoms with Crippen molar-refractivity contribution in [2.45, 2.75) is 6.04 Å². The van der Waals surface area contributed by atoms with Crippen LogP contribution in [0.4, 0.5) is 4.39 Å². The maximum atomic E-state index is 13.3. The van der Waals surface area contributed by atoms with Gasteiger partial charge in [-0.05, 0) is 12.2 Å². The highest BCUT2D eigenvalue weighted by Crippen LogP contribution is 2.26. The zero-order chi connectivity index (χ0) is 11.9. The van der Waals surface area contributed by atoms with Gasteiger partial charge in [0.25, 0.3) is 0 Å². The normalized spacial score (nSPS) is 24.5. The number of oxime groups is 1. The first-order chi connectivity index (χ1) is 7.44. The van der Waals surface area contributed by atoms with E-state index in [4.69, 9.17) is 0 Å². The number of nitrogens with zero attached hydrogens (tertiary/aromatic N) is 2. The van der Waals surface area contributed by atoms with Gasteiger partial charge in [-0.3, -0.25) is 4.94 Å². The van der Waals surface area contributed by atoms with Gasteiger partial charge in [-0.25, -0.2) is 17.1 Å². The van der Waals surface area contributed by atoms with Crippen LogP contribution in [0.3, 0.4) is 0 Å². The summed E-state index contributed by atoms with van der Waals surface area (Å²) >= 11 is 0. The van der Waals surface area contributed by atoms with Crippen LogP contribution >= 0.6 is 0 Å². The van der Waals surface area contributed by atoms with Crippen molar-refractivity contribution in [1.82, 2.24) is 9.79 Å². The van der Waals surface area contributed by atoms with Gasteiger partial charge in [0.05, 0.1) is 4.91 Å². The van der Waals surface area contributed by atoms with Crippen LogP contribution in [0.5, 0.6) is 0 Å². The van der Waals surface area contributed by atoms with E-state index in [1.807, 2.05) is 0 Å². The number of sulfonamides is 1. The average molecular weight is 247 g/mol. The molecule has 1 heterocycles. The van der Waals surface area contributed by atoms with Gasteiger partial charge in [-0.15, -0.1) is 5.48 Å². The third-order valence-corrected chi connectivity index (χ3v) is 4.22. The molecule has 0 fully saturated rings. The van der Waals surface area contributed by atoms with Crippen LogP contribution in [0, 0.1) is 0 Å². The monoisotopic (exact) mass is 247 g/mol. The third-order valence-electron chi connectivity index (χ3n) is 2.29. The number of allylic oxidation sites excluding steroid dienone is 2. The van der Waals surface area contributed by atoms with Crippen molar-refractivity contribution in [2.75, 3.05) is 14.1 Å². The maximum Gasteiger partial charge on any atom is 0.240 e. The molecule has 0 aromatic rings. The number of hydrogen-bond acceptors (Lipinski definition) is 5. The first-order valence-electron chi connectivity index (χ1n) is 4.44. The van der Waals surface area contributed by atoms with Gasteiger partial charge < -0.3 is 0 Å². The lowest BCUT2D eigenvalue weighted by molar-refractivity contribution is 0.0664. The number of fused-ring (bicyclic) bond motifs is 1. The van der Waals surface area contributed by atoms with Gasteiger partial charge in [-0.2, -0.15) is 0 Å². The fourth-order valence-electron chi connectivity index (χ4n) is 1.39. The van der Waals surface area contributed by atoms with Gasteiger partial charge in [0.2, 0.25) is 10.0 Å². The highest BCUT2D eigenvalue weighted by Gasteiger charge is 2.39. The SMILES string of the molecule is CN(C)S(=O)(=O)C1=CC=C(F)C2=NON[C@H]12. The average Bonchev–Trinajstić information content (AvgIpc) is 2.66. The predicted octanol–water partition coefficient (Wildman–Crippen LogP) is -0.112. The number of hydrogen-bond donors (Lipinski definition) is 1. The molecule has 16 heavy (non-hydrogen) atoms. The molecule has 0 radical (unpaired) electrons. The summed E-state index contributed by atoms with van der Waals surface area (Å²) in [7, 11) is -0.817. The minimum Gasteiger partial charge on any atom is -0.298 e. The van der Waals surface area contributed by atoms with Crippen LogP contribution in [0.1, 0.15) is 0 Å².